The summed E-state index contributed by atoms with van der Waals surface area (Å²) >= 11 is 5.90. The number of anilines is 1. The van der Waals surface area contributed by atoms with Crippen LogP contribution in [0.25, 0.3) is 10.4 Å². The topological polar surface area (TPSA) is 109 Å². The van der Waals surface area contributed by atoms with Gasteiger partial charge in [-0.05, 0) is 49.7 Å². The third kappa shape index (κ3) is 5.68. The van der Waals surface area contributed by atoms with Gasteiger partial charge < -0.3 is 15.0 Å². The average Bonchev–Trinajstić information content (AvgIpc) is 3.22. The number of aromatic nitrogens is 1. The maximum absolute atomic E-state index is 13.2. The molecule has 0 spiro atoms. The molecule has 1 N–H and O–H groups in total. The van der Waals surface area contributed by atoms with Crippen LogP contribution in [-0.4, -0.2) is 66.4 Å². The molecule has 13 heteroatoms. The van der Waals surface area contributed by atoms with Crippen molar-refractivity contribution in [2.75, 3.05) is 31.5 Å². The van der Waals surface area contributed by atoms with E-state index >= 15 is 0 Å². The summed E-state index contributed by atoms with van der Waals surface area (Å²) in [6, 6.07) is 1.63. The molecular formula is C19H25BrN4O5S3. The molecule has 32 heavy (non-hydrogen) atoms. The maximum atomic E-state index is 13.2. The summed E-state index contributed by atoms with van der Waals surface area (Å²) in [7, 11) is -3.72. The first-order chi connectivity index (χ1) is 14.8. The highest BCUT2D eigenvalue weighted by atomic mass is 79.9. The Bertz CT molecular complexity index is 1130. The second kappa shape index (κ2) is 9.37. The number of hydrogen-bond acceptors (Lipinski definition) is 8. The zero-order chi connectivity index (χ0) is 23.8. The molecule has 176 valence electrons. The fourth-order valence-electron chi connectivity index (χ4n) is 3.04. The predicted octanol–water partition coefficient (Wildman–Crippen LogP) is 4.14. The highest BCUT2D eigenvalue weighted by Gasteiger charge is 2.33. The van der Waals surface area contributed by atoms with Crippen LogP contribution in [0.3, 0.4) is 0 Å². The van der Waals surface area contributed by atoms with Gasteiger partial charge in [-0.25, -0.2) is 18.2 Å². The van der Waals surface area contributed by atoms with Crippen LogP contribution in [0.1, 0.15) is 33.4 Å². The molecule has 3 rings (SSSR count). The number of thiophene rings is 1. The van der Waals surface area contributed by atoms with E-state index < -0.39 is 21.7 Å². The molecule has 3 heterocycles. The molecule has 0 unspecified atom stereocenters. The Kier molecular flexibility index (Phi) is 7.35. The third-order valence-electron chi connectivity index (χ3n) is 4.47. The molecular weight excluding hydrogens is 540 g/mol. The molecule has 0 aliphatic carbocycles. The molecule has 2 amide bonds. The van der Waals surface area contributed by atoms with E-state index in [1.807, 2.05) is 6.92 Å². The monoisotopic (exact) mass is 564 g/mol. The van der Waals surface area contributed by atoms with E-state index in [-0.39, 0.29) is 36.3 Å². The number of halogens is 1. The van der Waals surface area contributed by atoms with Gasteiger partial charge in [0.25, 0.3) is 10.0 Å². The van der Waals surface area contributed by atoms with Crippen LogP contribution in [0.2, 0.25) is 0 Å². The number of sulfonamides is 1. The maximum Gasteiger partial charge on any atom is 0.410 e. The number of amides is 2. The van der Waals surface area contributed by atoms with Crippen molar-refractivity contribution in [3.63, 3.8) is 0 Å². The van der Waals surface area contributed by atoms with Gasteiger partial charge in [-0.3, -0.25) is 4.79 Å². The number of nitrogens with zero attached hydrogens (tertiary/aromatic N) is 3. The molecule has 0 aromatic carbocycles. The van der Waals surface area contributed by atoms with E-state index in [9.17, 15) is 18.0 Å². The van der Waals surface area contributed by atoms with Crippen LogP contribution in [0.5, 0.6) is 0 Å². The first-order valence-corrected chi connectivity index (χ1v) is 13.7. The number of hydrogen-bond donors (Lipinski definition) is 1. The number of aryl methyl sites for hydroxylation is 1. The molecule has 1 aliphatic rings. The summed E-state index contributed by atoms with van der Waals surface area (Å²) in [6.07, 6.45) is -0.439. The summed E-state index contributed by atoms with van der Waals surface area (Å²) in [6.45, 7) is 9.52. The van der Waals surface area contributed by atoms with Crippen molar-refractivity contribution in [2.45, 2.75) is 44.4 Å². The number of piperazine rings is 1. The van der Waals surface area contributed by atoms with Crippen LogP contribution < -0.4 is 5.32 Å². The molecule has 9 nitrogen and oxygen atoms in total. The molecule has 2 aromatic rings. The van der Waals surface area contributed by atoms with Crippen LogP contribution in [0, 0.1) is 6.92 Å². The highest BCUT2D eigenvalue weighted by molar-refractivity contribution is 9.11. The number of rotatable bonds is 4. The Morgan fingerprint density at radius 1 is 1.19 bits per heavy atom. The van der Waals surface area contributed by atoms with E-state index in [0.717, 1.165) is 16.2 Å². The van der Waals surface area contributed by atoms with Crippen molar-refractivity contribution in [1.29, 1.82) is 0 Å². The number of thiazole rings is 1. The van der Waals surface area contributed by atoms with Crippen LogP contribution in [0.15, 0.2) is 14.1 Å². The fourth-order valence-corrected chi connectivity index (χ4v) is 8.21. The van der Waals surface area contributed by atoms with Crippen molar-refractivity contribution in [1.82, 2.24) is 14.2 Å². The largest absolute Gasteiger partial charge is 0.444 e. The smallest absolute Gasteiger partial charge is 0.410 e. The van der Waals surface area contributed by atoms with Crippen molar-refractivity contribution in [2.24, 2.45) is 0 Å². The molecule has 2 aromatic heterocycles. The van der Waals surface area contributed by atoms with E-state index in [1.54, 1.807) is 26.8 Å². The van der Waals surface area contributed by atoms with Crippen molar-refractivity contribution >= 4 is 65.8 Å². The summed E-state index contributed by atoms with van der Waals surface area (Å²) in [5.41, 5.74) is 0.814. The summed E-state index contributed by atoms with van der Waals surface area (Å²) in [5.74, 6) is -0.219. The predicted molar refractivity (Wildman–Crippen MR) is 129 cm³/mol. The summed E-state index contributed by atoms with van der Waals surface area (Å²) < 4.78 is 34.1. The Labute approximate surface area is 203 Å². The lowest BCUT2D eigenvalue weighted by Crippen LogP contribution is -2.51. The minimum atomic E-state index is -3.72. The molecule has 1 saturated heterocycles. The Morgan fingerprint density at radius 2 is 1.81 bits per heavy atom. The third-order valence-corrected chi connectivity index (χ3v) is 9.76. The van der Waals surface area contributed by atoms with Crippen LogP contribution >= 0.6 is 38.6 Å². The van der Waals surface area contributed by atoms with Gasteiger partial charge >= 0.3 is 6.09 Å². The first-order valence-electron chi connectivity index (χ1n) is 9.81. The number of carbonyl (C=O) groups is 2. The summed E-state index contributed by atoms with van der Waals surface area (Å²) in [5, 5.41) is 3.12. The van der Waals surface area contributed by atoms with E-state index in [4.69, 9.17) is 4.74 Å². The highest BCUT2D eigenvalue weighted by Crippen LogP contribution is 2.43. The molecule has 0 saturated carbocycles. The lowest BCUT2D eigenvalue weighted by Gasteiger charge is -2.34. The minimum Gasteiger partial charge on any atom is -0.444 e. The van der Waals surface area contributed by atoms with Gasteiger partial charge in [-0.1, -0.05) is 11.3 Å². The van der Waals surface area contributed by atoms with Crippen LogP contribution in [-0.2, 0) is 19.6 Å². The van der Waals surface area contributed by atoms with Gasteiger partial charge in [-0.2, -0.15) is 4.31 Å². The average molecular weight is 566 g/mol. The molecule has 0 radical (unpaired) electrons. The number of carbonyl (C=O) groups excluding carboxylic acids is 2. The van der Waals surface area contributed by atoms with E-state index in [0.29, 0.717) is 20.2 Å². The molecule has 1 aliphatic heterocycles. The Morgan fingerprint density at radius 3 is 2.38 bits per heavy atom. The second-order valence-corrected chi connectivity index (χ2v) is 13.8. The van der Waals surface area contributed by atoms with Gasteiger partial charge in [0, 0.05) is 38.7 Å². The van der Waals surface area contributed by atoms with Crippen molar-refractivity contribution in [3.05, 3.63) is 15.5 Å². The van der Waals surface area contributed by atoms with Gasteiger partial charge in [0.2, 0.25) is 5.91 Å². The van der Waals surface area contributed by atoms with Crippen molar-refractivity contribution < 1.29 is 22.7 Å². The van der Waals surface area contributed by atoms with Gasteiger partial charge in [0.15, 0.2) is 5.13 Å². The zero-order valence-corrected chi connectivity index (χ0v) is 22.4. The molecule has 0 atom stereocenters. The Hall–Kier alpha value is -1.54. The normalized spacial score (nSPS) is 15.6. The van der Waals surface area contributed by atoms with E-state index in [1.165, 1.54) is 27.5 Å². The first kappa shape index (κ1) is 25.1. The SMILES string of the molecule is CC(=O)Nc1nc(C)c(-c2cc(S(=O)(=O)N3CCN(C(=O)OC(C)(C)C)CC3)sc2Br)s1. The van der Waals surface area contributed by atoms with Gasteiger partial charge in [0.05, 0.1) is 14.4 Å². The fraction of sp³-hybridized carbons (Fsp3) is 0.526. The van der Waals surface area contributed by atoms with Gasteiger partial charge in [0.1, 0.15) is 9.81 Å². The Balaban J connectivity index is 1.76. The quantitative estimate of drug-likeness (QED) is 0.597. The minimum absolute atomic E-state index is 0.193. The zero-order valence-electron chi connectivity index (χ0n) is 18.4. The lowest BCUT2D eigenvalue weighted by atomic mass is 10.2. The standard InChI is InChI=1S/C19H25BrN4O5S3/c1-11-15(31-17(21-11)22-12(2)25)13-10-14(30-16(13)20)32(27,28)24-8-6-23(7-9-24)18(26)29-19(3,4)5/h10H,6-9H2,1-5H3,(H,21,22,25). The number of ether oxygens (including phenoxy) is 1. The van der Waals surface area contributed by atoms with Gasteiger partial charge in [-0.15, -0.1) is 11.3 Å². The summed E-state index contributed by atoms with van der Waals surface area (Å²) in [4.78, 5) is 30.2. The second-order valence-electron chi connectivity index (χ2n) is 8.24. The lowest BCUT2D eigenvalue weighted by molar-refractivity contribution is -0.114. The van der Waals surface area contributed by atoms with Crippen molar-refractivity contribution in [3.8, 4) is 10.4 Å². The number of nitrogens with one attached hydrogen (secondary N) is 1. The molecule has 0 bridgehead atoms. The molecule has 1 fully saturated rings. The van der Waals surface area contributed by atoms with E-state index in [2.05, 4.69) is 26.2 Å². The van der Waals surface area contributed by atoms with Crippen LogP contribution in [0.4, 0.5) is 9.93 Å².